The number of nitrogens with one attached hydrogen (secondary N) is 1. The third-order valence-electron chi connectivity index (χ3n) is 2.02. The van der Waals surface area contributed by atoms with Crippen LogP contribution in [0.2, 0.25) is 0 Å². The second kappa shape index (κ2) is 3.94. The maximum Gasteiger partial charge on any atom is 0.330 e. The number of aromatic amines is 1. The summed E-state index contributed by atoms with van der Waals surface area (Å²) in [7, 11) is 1.59. The quantitative estimate of drug-likeness (QED) is 0.905. The van der Waals surface area contributed by atoms with Crippen LogP contribution in [0.25, 0.3) is 5.69 Å². The predicted octanol–water partition coefficient (Wildman–Crippen LogP) is 1.94. The van der Waals surface area contributed by atoms with Gasteiger partial charge in [0.15, 0.2) is 0 Å². The van der Waals surface area contributed by atoms with E-state index in [4.69, 9.17) is 4.74 Å². The van der Waals surface area contributed by atoms with E-state index < -0.39 is 0 Å². The molecule has 0 fully saturated rings. The molecule has 0 aliphatic rings. The smallest absolute Gasteiger partial charge is 0.330 e. The molecule has 0 amide bonds. The second-order valence-electron chi connectivity index (χ2n) is 2.98. The van der Waals surface area contributed by atoms with Crippen LogP contribution in [0.4, 0.5) is 0 Å². The first-order valence-corrected chi connectivity index (χ1v) is 5.11. The van der Waals surface area contributed by atoms with Gasteiger partial charge in [-0.2, -0.15) is 0 Å². The van der Waals surface area contributed by atoms with Gasteiger partial charge in [-0.1, -0.05) is 6.07 Å². The zero-order chi connectivity index (χ0) is 10.8. The molecule has 2 aromatic rings. The highest BCUT2D eigenvalue weighted by molar-refractivity contribution is 9.10. The molecule has 2 rings (SSSR count). The van der Waals surface area contributed by atoms with Gasteiger partial charge in [-0.25, -0.2) is 4.79 Å². The lowest BCUT2D eigenvalue weighted by Crippen LogP contribution is -2.13. The van der Waals surface area contributed by atoms with Gasteiger partial charge in [0.1, 0.15) is 10.4 Å². The highest BCUT2D eigenvalue weighted by Gasteiger charge is 2.03. The summed E-state index contributed by atoms with van der Waals surface area (Å²) in [6.07, 6.45) is 1.68. The van der Waals surface area contributed by atoms with Gasteiger partial charge in [0, 0.05) is 12.3 Å². The molecule has 0 bridgehead atoms. The molecule has 1 N–H and O–H groups in total. The van der Waals surface area contributed by atoms with Gasteiger partial charge in [-0.3, -0.25) is 9.55 Å². The van der Waals surface area contributed by atoms with Crippen molar-refractivity contribution in [2.45, 2.75) is 0 Å². The largest absolute Gasteiger partial charge is 0.497 e. The average Bonchev–Trinajstić information content (AvgIpc) is 2.58. The molecule has 4 nitrogen and oxygen atoms in total. The number of benzene rings is 1. The van der Waals surface area contributed by atoms with E-state index >= 15 is 0 Å². The van der Waals surface area contributed by atoms with E-state index in [1.54, 1.807) is 19.4 Å². The van der Waals surface area contributed by atoms with Crippen molar-refractivity contribution in [3.8, 4) is 11.4 Å². The van der Waals surface area contributed by atoms with Crippen LogP contribution in [0.15, 0.2) is 39.9 Å². The van der Waals surface area contributed by atoms with Gasteiger partial charge < -0.3 is 4.74 Å². The molecule has 15 heavy (non-hydrogen) atoms. The predicted molar refractivity (Wildman–Crippen MR) is 60.6 cm³/mol. The summed E-state index contributed by atoms with van der Waals surface area (Å²) in [5, 5.41) is 0. The first-order valence-electron chi connectivity index (χ1n) is 4.32. The van der Waals surface area contributed by atoms with E-state index in [-0.39, 0.29) is 5.69 Å². The highest BCUT2D eigenvalue weighted by atomic mass is 79.9. The number of halogens is 1. The number of H-pyrrole nitrogens is 1. The van der Waals surface area contributed by atoms with Crippen molar-refractivity contribution in [1.82, 2.24) is 9.55 Å². The van der Waals surface area contributed by atoms with Crippen LogP contribution in [-0.2, 0) is 0 Å². The van der Waals surface area contributed by atoms with Crippen molar-refractivity contribution in [1.29, 1.82) is 0 Å². The summed E-state index contributed by atoms with van der Waals surface area (Å²) < 4.78 is 7.24. The molecule has 0 spiro atoms. The zero-order valence-corrected chi connectivity index (χ0v) is 9.61. The molecule has 5 heteroatoms. The Labute approximate surface area is 94.6 Å². The fourth-order valence-electron chi connectivity index (χ4n) is 1.32. The van der Waals surface area contributed by atoms with Crippen LogP contribution in [0, 0.1) is 0 Å². The van der Waals surface area contributed by atoms with E-state index in [1.807, 2.05) is 18.2 Å². The third-order valence-corrected chi connectivity index (χ3v) is 2.42. The molecule has 0 unspecified atom stereocenters. The SMILES string of the molecule is COc1cccc(-n2cc(Br)[nH]c2=O)c1. The minimum atomic E-state index is -0.185. The Kier molecular flexibility index (Phi) is 2.64. The molecular formula is C10H9BrN2O2. The number of nitrogens with zero attached hydrogens (tertiary/aromatic N) is 1. The summed E-state index contributed by atoms with van der Waals surface area (Å²) in [6.45, 7) is 0. The summed E-state index contributed by atoms with van der Waals surface area (Å²) in [5.41, 5.74) is 0.580. The summed E-state index contributed by atoms with van der Waals surface area (Å²) in [6, 6.07) is 7.30. The van der Waals surface area contributed by atoms with Crippen LogP contribution in [0.5, 0.6) is 5.75 Å². The molecule has 0 aliphatic heterocycles. The molecule has 0 radical (unpaired) electrons. The van der Waals surface area contributed by atoms with Gasteiger partial charge in [-0.15, -0.1) is 0 Å². The maximum absolute atomic E-state index is 11.5. The molecule has 1 aromatic carbocycles. The first kappa shape index (κ1) is 10.0. The Morgan fingerprint density at radius 3 is 2.87 bits per heavy atom. The normalized spacial score (nSPS) is 10.3. The van der Waals surface area contributed by atoms with Crippen LogP contribution < -0.4 is 10.4 Å². The van der Waals surface area contributed by atoms with Gasteiger partial charge in [0.2, 0.25) is 0 Å². The third kappa shape index (κ3) is 1.97. The van der Waals surface area contributed by atoms with Crippen LogP contribution >= 0.6 is 15.9 Å². The number of ether oxygens (including phenoxy) is 1. The topological polar surface area (TPSA) is 47.0 Å². The van der Waals surface area contributed by atoms with Crippen molar-refractivity contribution >= 4 is 15.9 Å². The Bertz CT molecular complexity index is 530. The summed E-state index contributed by atoms with van der Waals surface area (Å²) >= 11 is 3.21. The first-order chi connectivity index (χ1) is 7.20. The van der Waals surface area contributed by atoms with Crippen molar-refractivity contribution in [3.05, 3.63) is 45.5 Å². The lowest BCUT2D eigenvalue weighted by molar-refractivity contribution is 0.414. The number of hydrogen-bond donors (Lipinski definition) is 1. The lowest BCUT2D eigenvalue weighted by atomic mass is 10.3. The molecule has 78 valence electrons. The molecule has 0 atom stereocenters. The second-order valence-corrected chi connectivity index (χ2v) is 3.83. The Hall–Kier alpha value is -1.49. The molecular weight excluding hydrogens is 260 g/mol. The Balaban J connectivity index is 2.53. The maximum atomic E-state index is 11.5. The fourth-order valence-corrected chi connectivity index (χ4v) is 1.69. The van der Waals surface area contributed by atoms with Crippen LogP contribution in [-0.4, -0.2) is 16.7 Å². The zero-order valence-electron chi connectivity index (χ0n) is 8.03. The van der Waals surface area contributed by atoms with E-state index in [0.29, 0.717) is 4.60 Å². The van der Waals surface area contributed by atoms with Crippen molar-refractivity contribution < 1.29 is 4.74 Å². The van der Waals surface area contributed by atoms with Crippen LogP contribution in [0.3, 0.4) is 0 Å². The van der Waals surface area contributed by atoms with Crippen molar-refractivity contribution in [2.75, 3.05) is 7.11 Å². The summed E-state index contributed by atoms with van der Waals surface area (Å²) in [4.78, 5) is 14.1. The number of methoxy groups -OCH3 is 1. The standard InChI is InChI=1S/C10H9BrN2O2/c1-15-8-4-2-3-7(5-8)13-6-9(11)12-10(13)14/h2-6H,1H3,(H,12,14). The monoisotopic (exact) mass is 268 g/mol. The lowest BCUT2D eigenvalue weighted by Gasteiger charge is -2.03. The van der Waals surface area contributed by atoms with Gasteiger partial charge >= 0.3 is 5.69 Å². The molecule has 0 saturated carbocycles. The van der Waals surface area contributed by atoms with E-state index in [0.717, 1.165) is 11.4 Å². The number of aromatic nitrogens is 2. The average molecular weight is 269 g/mol. The molecule has 0 aliphatic carbocycles. The molecule has 0 saturated heterocycles. The highest BCUT2D eigenvalue weighted by Crippen LogP contribution is 2.16. The van der Waals surface area contributed by atoms with Gasteiger partial charge in [-0.05, 0) is 28.1 Å². The Morgan fingerprint density at radius 2 is 2.27 bits per heavy atom. The van der Waals surface area contributed by atoms with Crippen LogP contribution in [0.1, 0.15) is 0 Å². The van der Waals surface area contributed by atoms with Crippen molar-refractivity contribution in [3.63, 3.8) is 0 Å². The number of rotatable bonds is 2. The van der Waals surface area contributed by atoms with Gasteiger partial charge in [0.25, 0.3) is 0 Å². The molecule has 1 heterocycles. The van der Waals surface area contributed by atoms with Gasteiger partial charge in [0.05, 0.1) is 12.8 Å². The molecule has 1 aromatic heterocycles. The fraction of sp³-hybridized carbons (Fsp3) is 0.100. The Morgan fingerprint density at radius 1 is 1.47 bits per heavy atom. The number of imidazole rings is 1. The minimum Gasteiger partial charge on any atom is -0.497 e. The van der Waals surface area contributed by atoms with E-state index in [1.165, 1.54) is 4.57 Å². The van der Waals surface area contributed by atoms with Crippen molar-refractivity contribution in [2.24, 2.45) is 0 Å². The number of hydrogen-bond acceptors (Lipinski definition) is 2. The minimum absolute atomic E-state index is 0.185. The summed E-state index contributed by atoms with van der Waals surface area (Å²) in [5.74, 6) is 0.719. The van der Waals surface area contributed by atoms with E-state index in [9.17, 15) is 4.79 Å². The van der Waals surface area contributed by atoms with E-state index in [2.05, 4.69) is 20.9 Å².